The molecule has 0 bridgehead atoms. The van der Waals surface area contributed by atoms with E-state index in [4.69, 9.17) is 0 Å². The summed E-state index contributed by atoms with van der Waals surface area (Å²) in [6, 6.07) is 5.94. The molecule has 1 atom stereocenters. The van der Waals surface area contributed by atoms with E-state index in [-0.39, 0.29) is 18.1 Å². The number of allylic oxidation sites excluding steroid dienone is 1. The van der Waals surface area contributed by atoms with Gasteiger partial charge in [0.25, 0.3) is 0 Å². The van der Waals surface area contributed by atoms with Crippen LogP contribution < -0.4 is 5.32 Å². The summed E-state index contributed by atoms with van der Waals surface area (Å²) in [4.78, 5) is 16.7. The molecule has 1 saturated carbocycles. The summed E-state index contributed by atoms with van der Waals surface area (Å²) in [5.41, 5.74) is 2.26. The van der Waals surface area contributed by atoms with Gasteiger partial charge in [-0.1, -0.05) is 17.7 Å². The van der Waals surface area contributed by atoms with Gasteiger partial charge in [0.2, 0.25) is 5.91 Å². The Hall–Kier alpha value is -1.68. The van der Waals surface area contributed by atoms with Crippen LogP contribution in [0.4, 0.5) is 0 Å². The highest BCUT2D eigenvalue weighted by molar-refractivity contribution is 5.79. The second-order valence-corrected chi connectivity index (χ2v) is 6.52. The minimum absolute atomic E-state index is 0.0767. The molecule has 0 radical (unpaired) electrons. The third-order valence-corrected chi connectivity index (χ3v) is 4.74. The molecule has 4 heteroatoms. The Balaban J connectivity index is 1.59. The summed E-state index contributed by atoms with van der Waals surface area (Å²) in [5, 5.41) is 12.7. The molecule has 1 aromatic rings. The van der Waals surface area contributed by atoms with E-state index in [9.17, 15) is 9.90 Å². The summed E-state index contributed by atoms with van der Waals surface area (Å²) in [6.45, 7) is 0. The van der Waals surface area contributed by atoms with Crippen LogP contribution in [0.2, 0.25) is 0 Å². The van der Waals surface area contributed by atoms with Crippen molar-refractivity contribution < 1.29 is 9.90 Å². The lowest BCUT2D eigenvalue weighted by Crippen LogP contribution is -2.48. The number of nitrogens with zero attached hydrogens (tertiary/aromatic N) is 1. The summed E-state index contributed by atoms with van der Waals surface area (Å²) < 4.78 is 0. The van der Waals surface area contributed by atoms with Crippen LogP contribution in [0, 0.1) is 5.92 Å². The Bertz CT molecular complexity index is 535. The number of rotatable bonds is 6. The topological polar surface area (TPSA) is 62.2 Å². The van der Waals surface area contributed by atoms with Crippen molar-refractivity contribution >= 4 is 5.91 Å². The van der Waals surface area contributed by atoms with Crippen molar-refractivity contribution in [3.63, 3.8) is 0 Å². The lowest BCUT2D eigenvalue weighted by atomic mass is 9.76. The maximum absolute atomic E-state index is 12.3. The lowest BCUT2D eigenvalue weighted by Gasteiger charge is -2.38. The maximum atomic E-state index is 12.3. The molecule has 1 unspecified atom stereocenters. The second kappa shape index (κ2) is 7.05. The van der Waals surface area contributed by atoms with Crippen LogP contribution in [0.25, 0.3) is 0 Å². The van der Waals surface area contributed by atoms with E-state index in [1.165, 1.54) is 12.0 Å². The molecule has 0 spiro atoms. The Morgan fingerprint density at radius 2 is 2.27 bits per heavy atom. The van der Waals surface area contributed by atoms with Crippen molar-refractivity contribution in [2.24, 2.45) is 5.92 Å². The lowest BCUT2D eigenvalue weighted by molar-refractivity contribution is -0.122. The second-order valence-electron chi connectivity index (χ2n) is 6.52. The van der Waals surface area contributed by atoms with Gasteiger partial charge in [0.1, 0.15) is 0 Å². The number of carbonyl (C=O) groups excluding carboxylic acids is 1. The van der Waals surface area contributed by atoms with Crippen molar-refractivity contribution in [2.45, 2.75) is 57.1 Å². The molecular formula is C18H24N2O2. The zero-order valence-corrected chi connectivity index (χ0v) is 12.9. The number of hydrogen-bond donors (Lipinski definition) is 2. The quantitative estimate of drug-likeness (QED) is 0.793. The molecule has 3 rings (SSSR count). The molecule has 4 nitrogen and oxygen atoms in total. The zero-order valence-electron chi connectivity index (χ0n) is 12.9. The van der Waals surface area contributed by atoms with Crippen LogP contribution in [-0.4, -0.2) is 28.1 Å². The van der Waals surface area contributed by atoms with Crippen molar-refractivity contribution in [3.05, 3.63) is 41.7 Å². The highest BCUT2D eigenvalue weighted by Crippen LogP contribution is 2.31. The number of aliphatic hydroxyl groups excluding tert-OH is 1. The van der Waals surface area contributed by atoms with Crippen LogP contribution in [0.5, 0.6) is 0 Å². The molecule has 0 aliphatic heterocycles. The first-order valence-corrected chi connectivity index (χ1v) is 8.26. The Morgan fingerprint density at radius 1 is 1.41 bits per heavy atom. The number of hydrogen-bond acceptors (Lipinski definition) is 3. The largest absolute Gasteiger partial charge is 0.393 e. The Labute approximate surface area is 131 Å². The van der Waals surface area contributed by atoms with E-state index in [0.717, 1.165) is 37.8 Å². The molecule has 2 aliphatic rings. The normalized spacial score (nSPS) is 25.2. The summed E-state index contributed by atoms with van der Waals surface area (Å²) in [5.74, 6) is 0.467. The van der Waals surface area contributed by atoms with Crippen LogP contribution in [0.15, 0.2) is 36.0 Å². The number of amides is 1. The van der Waals surface area contributed by atoms with Crippen LogP contribution in [-0.2, 0) is 11.2 Å². The zero-order chi connectivity index (χ0) is 15.4. The minimum Gasteiger partial charge on any atom is -0.393 e. The first-order chi connectivity index (χ1) is 10.7. The van der Waals surface area contributed by atoms with E-state index in [2.05, 4.69) is 16.4 Å². The predicted molar refractivity (Wildman–Crippen MR) is 85.2 cm³/mol. The fourth-order valence-corrected chi connectivity index (χ4v) is 3.40. The van der Waals surface area contributed by atoms with Gasteiger partial charge in [0.05, 0.1) is 6.10 Å². The number of carbonyl (C=O) groups is 1. The summed E-state index contributed by atoms with van der Waals surface area (Å²) in [7, 11) is 0. The molecule has 2 aliphatic carbocycles. The van der Waals surface area contributed by atoms with Gasteiger partial charge in [0.15, 0.2) is 0 Å². The molecule has 22 heavy (non-hydrogen) atoms. The fourth-order valence-electron chi connectivity index (χ4n) is 3.40. The monoisotopic (exact) mass is 300 g/mol. The van der Waals surface area contributed by atoms with E-state index in [1.807, 2.05) is 18.2 Å². The minimum atomic E-state index is -0.203. The Morgan fingerprint density at radius 3 is 2.91 bits per heavy atom. The van der Waals surface area contributed by atoms with E-state index < -0.39 is 0 Å². The molecule has 0 saturated heterocycles. The number of pyridine rings is 1. The number of nitrogens with one attached hydrogen (secondary N) is 1. The third-order valence-electron chi connectivity index (χ3n) is 4.74. The molecule has 1 aromatic heterocycles. The van der Waals surface area contributed by atoms with E-state index >= 15 is 0 Å². The first-order valence-electron chi connectivity index (χ1n) is 8.26. The van der Waals surface area contributed by atoms with Crippen LogP contribution >= 0.6 is 0 Å². The van der Waals surface area contributed by atoms with Gasteiger partial charge in [-0.3, -0.25) is 9.78 Å². The molecular weight excluding hydrogens is 276 g/mol. The van der Waals surface area contributed by atoms with Gasteiger partial charge in [0, 0.05) is 30.8 Å². The molecule has 1 amide bonds. The van der Waals surface area contributed by atoms with Gasteiger partial charge in [-0.2, -0.15) is 0 Å². The molecule has 0 aromatic carbocycles. The third kappa shape index (κ3) is 3.95. The number of aliphatic hydroxyl groups is 1. The van der Waals surface area contributed by atoms with E-state index in [0.29, 0.717) is 12.3 Å². The molecule has 1 fully saturated rings. The van der Waals surface area contributed by atoms with Crippen molar-refractivity contribution in [2.75, 3.05) is 0 Å². The molecule has 1 heterocycles. The molecule has 2 N–H and O–H groups in total. The Kier molecular flexibility index (Phi) is 4.88. The average Bonchev–Trinajstić information content (AvgIpc) is 2.97. The van der Waals surface area contributed by atoms with Gasteiger partial charge >= 0.3 is 0 Å². The van der Waals surface area contributed by atoms with Gasteiger partial charge in [-0.05, 0) is 50.2 Å². The van der Waals surface area contributed by atoms with Crippen molar-refractivity contribution in [1.29, 1.82) is 0 Å². The average molecular weight is 300 g/mol. The van der Waals surface area contributed by atoms with Crippen LogP contribution in [0.1, 0.15) is 44.2 Å². The van der Waals surface area contributed by atoms with Gasteiger partial charge < -0.3 is 10.4 Å². The number of aromatic nitrogens is 1. The SMILES string of the molecule is O=C(CC1=CCCC1)NC(Cc1ccccn1)C1CC(O)C1. The van der Waals surface area contributed by atoms with Gasteiger partial charge in [-0.15, -0.1) is 0 Å². The predicted octanol–water partition coefficient (Wildman–Crippen LogP) is 2.38. The van der Waals surface area contributed by atoms with E-state index in [1.54, 1.807) is 6.20 Å². The summed E-state index contributed by atoms with van der Waals surface area (Å²) >= 11 is 0. The highest BCUT2D eigenvalue weighted by atomic mass is 16.3. The highest BCUT2D eigenvalue weighted by Gasteiger charge is 2.35. The summed E-state index contributed by atoms with van der Waals surface area (Å²) in [6.07, 6.45) is 9.93. The standard InChI is InChI=1S/C18H24N2O2/c21-16-10-14(11-16)17(12-15-7-3-4-8-19-15)20-18(22)9-13-5-1-2-6-13/h3-5,7-8,14,16-17,21H,1-2,6,9-12H2,(H,20,22). The van der Waals surface area contributed by atoms with Crippen molar-refractivity contribution in [3.8, 4) is 0 Å². The van der Waals surface area contributed by atoms with Crippen molar-refractivity contribution in [1.82, 2.24) is 10.3 Å². The first kappa shape index (κ1) is 15.2. The van der Waals surface area contributed by atoms with Gasteiger partial charge in [-0.25, -0.2) is 0 Å². The fraction of sp³-hybridized carbons (Fsp3) is 0.556. The molecule has 118 valence electrons. The smallest absolute Gasteiger partial charge is 0.224 e. The maximum Gasteiger partial charge on any atom is 0.224 e. The van der Waals surface area contributed by atoms with Crippen LogP contribution in [0.3, 0.4) is 0 Å².